The van der Waals surface area contributed by atoms with Gasteiger partial charge in [0.1, 0.15) is 0 Å². The first kappa shape index (κ1) is 15.1. The topological polar surface area (TPSA) is 12.0 Å². The molecule has 1 nitrogen and oxygen atoms in total. The van der Waals surface area contributed by atoms with Crippen LogP contribution in [0.25, 0.3) is 0 Å². The third-order valence-corrected chi connectivity index (χ3v) is 5.08. The summed E-state index contributed by atoms with van der Waals surface area (Å²) in [6.07, 6.45) is 2.39. The molecule has 0 spiro atoms. The largest absolute Gasteiger partial charge is 0.307 e. The van der Waals surface area contributed by atoms with Gasteiger partial charge in [-0.25, -0.2) is 0 Å². The Bertz CT molecular complexity index is 605. The Balaban J connectivity index is 1.54. The fourth-order valence-corrected chi connectivity index (χ4v) is 3.45. The van der Waals surface area contributed by atoms with Crippen molar-refractivity contribution in [1.82, 2.24) is 5.32 Å². The van der Waals surface area contributed by atoms with Gasteiger partial charge in [0.15, 0.2) is 0 Å². The molecule has 0 saturated heterocycles. The van der Waals surface area contributed by atoms with E-state index in [1.165, 1.54) is 24.0 Å². The third-order valence-electron chi connectivity index (χ3n) is 4.31. The molecule has 0 unspecified atom stereocenters. The lowest BCUT2D eigenvalue weighted by Gasteiger charge is -2.38. The van der Waals surface area contributed by atoms with Crippen LogP contribution in [0.2, 0.25) is 5.02 Å². The molecule has 1 N–H and O–H groups in total. The summed E-state index contributed by atoms with van der Waals surface area (Å²) in [4.78, 5) is 0. The van der Waals surface area contributed by atoms with E-state index in [2.05, 4.69) is 64.6 Å². The Morgan fingerprint density at radius 2 is 1.86 bits per heavy atom. The average molecular weight is 365 g/mol. The highest BCUT2D eigenvalue weighted by Gasteiger charge is 2.31. The first-order valence-electron chi connectivity index (χ1n) is 7.39. The summed E-state index contributed by atoms with van der Waals surface area (Å²) >= 11 is 9.54. The molecular formula is C18H19BrClN. The first-order chi connectivity index (χ1) is 10.1. The van der Waals surface area contributed by atoms with Crippen LogP contribution >= 0.6 is 27.5 Å². The summed E-state index contributed by atoms with van der Waals surface area (Å²) in [5.41, 5.74) is 2.71. The van der Waals surface area contributed by atoms with E-state index < -0.39 is 0 Å². The van der Waals surface area contributed by atoms with Crippen molar-refractivity contribution in [2.75, 3.05) is 0 Å². The molecule has 0 aromatic heterocycles. The maximum absolute atomic E-state index is 6.06. The Hall–Kier alpha value is -0.830. The predicted octanol–water partition coefficient (Wildman–Crippen LogP) is 5.70. The van der Waals surface area contributed by atoms with Crippen LogP contribution in [0.3, 0.4) is 0 Å². The van der Waals surface area contributed by atoms with Crippen LogP contribution in [0.4, 0.5) is 0 Å². The normalized spacial score (nSPS) is 22.6. The fraction of sp³-hybridized carbons (Fsp3) is 0.333. The summed E-state index contributed by atoms with van der Waals surface area (Å²) in [6, 6.07) is 17.8. The zero-order valence-corrected chi connectivity index (χ0v) is 14.4. The van der Waals surface area contributed by atoms with Crippen molar-refractivity contribution in [3.05, 3.63) is 69.2 Å². The molecule has 3 rings (SSSR count). The summed E-state index contributed by atoms with van der Waals surface area (Å²) in [5.74, 6) is 0.651. The van der Waals surface area contributed by atoms with Gasteiger partial charge < -0.3 is 5.32 Å². The maximum atomic E-state index is 6.06. The third kappa shape index (κ3) is 3.68. The van der Waals surface area contributed by atoms with Crippen molar-refractivity contribution in [2.45, 2.75) is 37.8 Å². The lowest BCUT2D eigenvalue weighted by atomic mass is 9.75. The zero-order valence-electron chi connectivity index (χ0n) is 12.0. The molecule has 0 bridgehead atoms. The van der Waals surface area contributed by atoms with E-state index in [-0.39, 0.29) is 0 Å². The van der Waals surface area contributed by atoms with Crippen LogP contribution in [0.1, 0.15) is 42.9 Å². The molecule has 0 heterocycles. The molecule has 3 heteroatoms. The van der Waals surface area contributed by atoms with Gasteiger partial charge in [0, 0.05) is 21.6 Å². The second-order valence-electron chi connectivity index (χ2n) is 5.86. The van der Waals surface area contributed by atoms with E-state index in [4.69, 9.17) is 11.6 Å². The number of hydrogen-bond acceptors (Lipinski definition) is 1. The fourth-order valence-electron chi connectivity index (χ4n) is 2.99. The highest BCUT2D eigenvalue weighted by atomic mass is 79.9. The maximum Gasteiger partial charge on any atom is 0.0408 e. The van der Waals surface area contributed by atoms with Crippen LogP contribution in [-0.2, 0) is 0 Å². The van der Waals surface area contributed by atoms with Crippen molar-refractivity contribution in [1.29, 1.82) is 0 Å². The number of benzene rings is 2. The summed E-state index contributed by atoms with van der Waals surface area (Å²) in [6.45, 7) is 2.23. The molecule has 1 fully saturated rings. The SMILES string of the molecule is C[C@H](NC1CC(c2cccc(Cl)c2)C1)c1ccc(Br)cc1. The smallest absolute Gasteiger partial charge is 0.0408 e. The zero-order chi connectivity index (χ0) is 14.8. The number of halogens is 2. The van der Waals surface area contributed by atoms with Gasteiger partial charge in [-0.15, -0.1) is 0 Å². The van der Waals surface area contributed by atoms with E-state index in [0.29, 0.717) is 18.0 Å². The quantitative estimate of drug-likeness (QED) is 0.734. The van der Waals surface area contributed by atoms with Crippen LogP contribution in [0, 0.1) is 0 Å². The van der Waals surface area contributed by atoms with E-state index in [9.17, 15) is 0 Å². The Morgan fingerprint density at radius 3 is 2.52 bits per heavy atom. The Labute approximate surface area is 139 Å². The number of hydrogen-bond donors (Lipinski definition) is 1. The highest BCUT2D eigenvalue weighted by molar-refractivity contribution is 9.10. The van der Waals surface area contributed by atoms with Crippen molar-refractivity contribution in [3.8, 4) is 0 Å². The van der Waals surface area contributed by atoms with Crippen LogP contribution in [0.5, 0.6) is 0 Å². The standard InChI is InChI=1S/C18H19BrClN/c1-12(13-5-7-16(19)8-6-13)21-18-10-15(11-18)14-3-2-4-17(20)9-14/h2-9,12,15,18,21H,10-11H2,1H3/t12-,15?,18?/m0/s1. The molecule has 1 aliphatic carbocycles. The minimum absolute atomic E-state index is 0.392. The van der Waals surface area contributed by atoms with Crippen molar-refractivity contribution in [3.63, 3.8) is 0 Å². The highest BCUT2D eigenvalue weighted by Crippen LogP contribution is 2.38. The van der Waals surface area contributed by atoms with Gasteiger partial charge in [0.2, 0.25) is 0 Å². The predicted molar refractivity (Wildman–Crippen MR) is 92.9 cm³/mol. The number of rotatable bonds is 4. The van der Waals surface area contributed by atoms with E-state index in [1.807, 2.05) is 12.1 Å². The van der Waals surface area contributed by atoms with E-state index >= 15 is 0 Å². The molecule has 0 radical (unpaired) electrons. The van der Waals surface area contributed by atoms with Gasteiger partial charge in [-0.05, 0) is 61.1 Å². The van der Waals surface area contributed by atoms with Gasteiger partial charge in [-0.1, -0.05) is 51.8 Å². The van der Waals surface area contributed by atoms with E-state index in [1.54, 1.807) is 0 Å². The molecule has 1 atom stereocenters. The van der Waals surface area contributed by atoms with Crippen LogP contribution < -0.4 is 5.32 Å². The molecular weight excluding hydrogens is 346 g/mol. The summed E-state index contributed by atoms with van der Waals surface area (Å²) in [7, 11) is 0. The van der Waals surface area contributed by atoms with Gasteiger partial charge in [-0.3, -0.25) is 0 Å². The molecule has 0 amide bonds. The molecule has 2 aromatic rings. The van der Waals surface area contributed by atoms with Gasteiger partial charge in [0.25, 0.3) is 0 Å². The first-order valence-corrected chi connectivity index (χ1v) is 8.56. The molecule has 0 aliphatic heterocycles. The second kappa shape index (κ2) is 6.51. The molecule has 21 heavy (non-hydrogen) atoms. The lowest BCUT2D eigenvalue weighted by Crippen LogP contribution is -2.41. The molecule has 110 valence electrons. The Kier molecular flexibility index (Phi) is 4.68. The number of nitrogens with one attached hydrogen (secondary N) is 1. The van der Waals surface area contributed by atoms with Gasteiger partial charge >= 0.3 is 0 Å². The monoisotopic (exact) mass is 363 g/mol. The minimum atomic E-state index is 0.392. The van der Waals surface area contributed by atoms with E-state index in [0.717, 1.165) is 9.50 Å². The molecule has 1 aliphatic rings. The lowest BCUT2D eigenvalue weighted by molar-refractivity contribution is 0.271. The molecule has 1 saturated carbocycles. The van der Waals surface area contributed by atoms with Crippen molar-refractivity contribution >= 4 is 27.5 Å². The van der Waals surface area contributed by atoms with Crippen LogP contribution in [0.15, 0.2) is 53.0 Å². The van der Waals surface area contributed by atoms with Crippen molar-refractivity contribution in [2.24, 2.45) is 0 Å². The summed E-state index contributed by atoms with van der Waals surface area (Å²) < 4.78 is 1.13. The Morgan fingerprint density at radius 1 is 1.14 bits per heavy atom. The molecule has 2 aromatic carbocycles. The second-order valence-corrected chi connectivity index (χ2v) is 7.21. The van der Waals surface area contributed by atoms with Gasteiger partial charge in [0.05, 0.1) is 0 Å². The van der Waals surface area contributed by atoms with Crippen molar-refractivity contribution < 1.29 is 0 Å². The average Bonchev–Trinajstić information content (AvgIpc) is 2.43. The van der Waals surface area contributed by atoms with Crippen LogP contribution in [-0.4, -0.2) is 6.04 Å². The van der Waals surface area contributed by atoms with Gasteiger partial charge in [-0.2, -0.15) is 0 Å². The summed E-state index contributed by atoms with van der Waals surface area (Å²) in [5, 5.41) is 4.56. The minimum Gasteiger partial charge on any atom is -0.307 e.